The van der Waals surface area contributed by atoms with Gasteiger partial charge in [0.25, 0.3) is 0 Å². The van der Waals surface area contributed by atoms with E-state index in [1.54, 1.807) is 24.3 Å². The Labute approximate surface area is 247 Å². The van der Waals surface area contributed by atoms with Crippen molar-refractivity contribution in [3.63, 3.8) is 0 Å². The van der Waals surface area contributed by atoms with Crippen LogP contribution >= 0.6 is 11.6 Å². The number of nitrogens with one attached hydrogen (secondary N) is 1. The second-order valence-electron chi connectivity index (χ2n) is 10.6. The van der Waals surface area contributed by atoms with Crippen LogP contribution in [-0.4, -0.2) is 67.5 Å². The van der Waals surface area contributed by atoms with Crippen LogP contribution in [0.5, 0.6) is 6.01 Å². The lowest BCUT2D eigenvalue weighted by Gasteiger charge is -2.34. The number of anilines is 1. The number of pyridine rings is 1. The minimum absolute atomic E-state index is 0.0000635. The molecule has 3 aromatic heterocycles. The molecule has 0 unspecified atom stereocenters. The van der Waals surface area contributed by atoms with Crippen LogP contribution < -0.4 is 15.0 Å². The van der Waals surface area contributed by atoms with Crippen molar-refractivity contribution in [2.75, 3.05) is 24.6 Å². The maximum Gasteiger partial charge on any atom is 0.449 e. The molecule has 222 valence electrons. The molecule has 0 radical (unpaired) electrons. The average molecular weight is 614 g/mol. The van der Waals surface area contributed by atoms with Crippen LogP contribution in [0.4, 0.5) is 23.4 Å². The topological polar surface area (TPSA) is 101 Å². The highest BCUT2D eigenvalue weighted by Crippen LogP contribution is 2.38. The maximum atomic E-state index is 16.4. The largest absolute Gasteiger partial charge is 0.461 e. The number of nitrogens with zero attached hydrogens (tertiary/aromatic N) is 6. The number of hydrogen-bond donors (Lipinski definition) is 2. The molecule has 5 aromatic rings. The molecule has 2 N–H and O–H groups in total. The monoisotopic (exact) mass is 613 g/mol. The number of fused-ring (bicyclic) bond motifs is 4. The first-order valence-electron chi connectivity index (χ1n) is 13.6. The zero-order valence-electron chi connectivity index (χ0n) is 22.4. The lowest BCUT2D eigenvalue weighted by Crippen LogP contribution is -2.53. The number of rotatable bonds is 6. The fraction of sp³-hybridized carbons (Fsp3) is 0.310. The van der Waals surface area contributed by atoms with Gasteiger partial charge in [-0.15, -0.1) is 0 Å². The summed E-state index contributed by atoms with van der Waals surface area (Å²) in [7, 11) is 0. The number of aromatic nitrogens is 5. The molecule has 2 aromatic carbocycles. The third-order valence-electron chi connectivity index (χ3n) is 7.88. The molecule has 5 heterocycles. The van der Waals surface area contributed by atoms with Gasteiger partial charge in [0.1, 0.15) is 23.6 Å². The Kier molecular flexibility index (Phi) is 6.83. The highest BCUT2D eigenvalue weighted by Gasteiger charge is 2.40. The molecule has 2 bridgehead atoms. The van der Waals surface area contributed by atoms with E-state index >= 15 is 4.39 Å². The van der Waals surface area contributed by atoms with Gasteiger partial charge in [-0.25, -0.2) is 9.37 Å². The van der Waals surface area contributed by atoms with Crippen molar-refractivity contribution in [1.29, 1.82) is 0 Å². The van der Waals surface area contributed by atoms with Gasteiger partial charge in [0.2, 0.25) is 5.82 Å². The van der Waals surface area contributed by atoms with Crippen LogP contribution in [0.15, 0.2) is 55.0 Å². The number of benzene rings is 2. The van der Waals surface area contributed by atoms with Crippen LogP contribution in [0.1, 0.15) is 12.2 Å². The lowest BCUT2D eigenvalue weighted by atomic mass is 10.0. The molecular weight excluding hydrogens is 590 g/mol. The molecule has 0 amide bonds. The van der Waals surface area contributed by atoms with Gasteiger partial charge in [0.05, 0.1) is 24.1 Å². The first-order valence-corrected chi connectivity index (χ1v) is 14.0. The van der Waals surface area contributed by atoms with Crippen LogP contribution in [0, 0.1) is 5.82 Å². The van der Waals surface area contributed by atoms with Crippen LogP contribution in [-0.2, 0) is 12.7 Å². The van der Waals surface area contributed by atoms with E-state index in [-0.39, 0.29) is 42.5 Å². The van der Waals surface area contributed by atoms with Crippen molar-refractivity contribution in [2.45, 2.75) is 37.3 Å². The third kappa shape index (κ3) is 5.00. The summed E-state index contributed by atoms with van der Waals surface area (Å²) < 4.78 is 62.9. The summed E-state index contributed by atoms with van der Waals surface area (Å²) in [6, 6.07) is 10.4. The fourth-order valence-electron chi connectivity index (χ4n) is 5.98. The summed E-state index contributed by atoms with van der Waals surface area (Å²) in [4.78, 5) is 18.7. The number of imidazole rings is 1. The number of alkyl halides is 3. The molecule has 43 heavy (non-hydrogen) atoms. The van der Waals surface area contributed by atoms with E-state index in [9.17, 15) is 18.3 Å². The van der Waals surface area contributed by atoms with Crippen molar-refractivity contribution < 1.29 is 27.4 Å². The molecular formula is C29H24ClF4N7O2. The predicted octanol–water partition coefficient (Wildman–Crippen LogP) is 4.84. The first-order chi connectivity index (χ1) is 20.7. The second kappa shape index (κ2) is 10.6. The summed E-state index contributed by atoms with van der Waals surface area (Å²) in [5.74, 6) is -1.41. The van der Waals surface area contributed by atoms with E-state index in [0.717, 1.165) is 16.2 Å². The van der Waals surface area contributed by atoms with Gasteiger partial charge >= 0.3 is 12.2 Å². The molecule has 3 atom stereocenters. The van der Waals surface area contributed by atoms with Crippen LogP contribution in [0.25, 0.3) is 32.9 Å². The van der Waals surface area contributed by atoms with Gasteiger partial charge in [-0.05, 0) is 17.9 Å². The smallest absolute Gasteiger partial charge is 0.449 e. The van der Waals surface area contributed by atoms with Crippen molar-refractivity contribution in [3.8, 4) is 17.3 Å². The van der Waals surface area contributed by atoms with E-state index in [1.165, 1.54) is 12.4 Å². The van der Waals surface area contributed by atoms with Crippen molar-refractivity contribution in [1.82, 2.24) is 29.8 Å². The van der Waals surface area contributed by atoms with E-state index in [4.69, 9.17) is 16.3 Å². The Morgan fingerprint density at radius 3 is 2.70 bits per heavy atom. The van der Waals surface area contributed by atoms with E-state index in [2.05, 4.69) is 25.3 Å². The Bertz CT molecular complexity index is 1840. The Morgan fingerprint density at radius 2 is 1.91 bits per heavy atom. The molecule has 0 aliphatic carbocycles. The Hall–Kier alpha value is -4.07. The summed E-state index contributed by atoms with van der Waals surface area (Å²) in [5.41, 5.74) is 0.457. The number of aliphatic hydroxyl groups is 1. The third-order valence-corrected chi connectivity index (χ3v) is 8.20. The Morgan fingerprint density at radius 1 is 1.09 bits per heavy atom. The van der Waals surface area contributed by atoms with Gasteiger partial charge in [-0.2, -0.15) is 23.1 Å². The minimum Gasteiger partial charge on any atom is -0.461 e. The van der Waals surface area contributed by atoms with Crippen LogP contribution in [0.2, 0.25) is 5.02 Å². The van der Waals surface area contributed by atoms with Gasteiger partial charge in [-0.1, -0.05) is 41.9 Å². The number of aliphatic hydroxyl groups excluding tert-OH is 1. The molecule has 7 rings (SSSR count). The summed E-state index contributed by atoms with van der Waals surface area (Å²) >= 11 is 6.51. The molecule has 2 aliphatic heterocycles. The number of hydrogen-bond acceptors (Lipinski definition) is 8. The molecule has 0 saturated carbocycles. The molecule has 2 saturated heterocycles. The normalized spacial score (nSPS) is 20.3. The number of halogens is 5. The highest BCUT2D eigenvalue weighted by atomic mass is 35.5. The summed E-state index contributed by atoms with van der Waals surface area (Å²) in [6.45, 7) is 0.476. The van der Waals surface area contributed by atoms with E-state index in [0.29, 0.717) is 46.7 Å². The molecule has 9 nitrogen and oxygen atoms in total. The fourth-order valence-corrected chi connectivity index (χ4v) is 6.26. The highest BCUT2D eigenvalue weighted by molar-refractivity contribution is 6.36. The molecule has 14 heteroatoms. The van der Waals surface area contributed by atoms with Crippen molar-refractivity contribution >= 4 is 39.1 Å². The predicted molar refractivity (Wildman–Crippen MR) is 152 cm³/mol. The van der Waals surface area contributed by atoms with Gasteiger partial charge < -0.3 is 24.6 Å². The van der Waals surface area contributed by atoms with E-state index < -0.39 is 23.9 Å². The van der Waals surface area contributed by atoms with Crippen molar-refractivity contribution in [3.05, 3.63) is 71.7 Å². The zero-order chi connectivity index (χ0) is 29.9. The summed E-state index contributed by atoms with van der Waals surface area (Å²) in [6.07, 6.45) is -0.825. The minimum atomic E-state index is -4.63. The Balaban J connectivity index is 1.30. The average Bonchev–Trinajstić information content (AvgIpc) is 3.56. The van der Waals surface area contributed by atoms with Crippen molar-refractivity contribution in [2.24, 2.45) is 0 Å². The zero-order valence-corrected chi connectivity index (χ0v) is 23.1. The molecule has 2 aliphatic rings. The number of piperazine rings is 1. The lowest BCUT2D eigenvalue weighted by molar-refractivity contribution is -0.147. The van der Waals surface area contributed by atoms with Crippen LogP contribution in [0.3, 0.4) is 0 Å². The standard InChI is InChI=1S/C29H24ClF4N7O2/c30-19-6-2-4-15-3-1-5-17(22(15)19)24-23(31)25-18(12-36-24)26(41-13-16-11-21(42)20(14-41)37-16)39-28(38-25)43-10-9-40-8-7-35-27(40)29(32,33)34/h1-8,12,16,20-21,37,42H,9-11,13-14H2/t16-,20-,21-/m1/s1. The first kappa shape index (κ1) is 27.7. The van der Waals surface area contributed by atoms with Gasteiger partial charge in [0, 0.05) is 53.7 Å². The second-order valence-corrected chi connectivity index (χ2v) is 11.0. The van der Waals surface area contributed by atoms with Gasteiger partial charge in [0.15, 0.2) is 5.82 Å². The summed E-state index contributed by atoms with van der Waals surface area (Å²) in [5, 5.41) is 16.0. The molecule has 0 spiro atoms. The SMILES string of the molecule is O[C@@H]1C[C@@H]2CN(c3nc(OCCn4ccnc4C(F)(F)F)nc4c(F)c(-c5cccc6cccc(Cl)c56)ncc34)C[C@H]1N2. The quantitative estimate of drug-likeness (QED) is 0.262. The van der Waals surface area contributed by atoms with Gasteiger partial charge in [-0.3, -0.25) is 4.98 Å². The van der Waals surface area contributed by atoms with E-state index in [1.807, 2.05) is 17.0 Å². The molecule has 2 fully saturated rings. The maximum absolute atomic E-state index is 16.4. The number of ether oxygens (including phenoxy) is 1.